The Morgan fingerprint density at radius 1 is 0.885 bits per heavy atom. The zero-order valence-electron chi connectivity index (χ0n) is 14.6. The topological polar surface area (TPSA) is 54.0 Å². The molecule has 0 spiro atoms. The van der Waals surface area contributed by atoms with E-state index in [4.69, 9.17) is 14.2 Å². The third kappa shape index (κ3) is 3.40. The molecule has 5 nitrogen and oxygen atoms in total. The summed E-state index contributed by atoms with van der Waals surface area (Å²) in [4.78, 5) is 11.7. The maximum absolute atomic E-state index is 14.7. The maximum atomic E-state index is 14.7. The lowest BCUT2D eigenvalue weighted by Crippen LogP contribution is -2.11. The summed E-state index contributed by atoms with van der Waals surface area (Å²) in [6.45, 7) is 1.42. The minimum absolute atomic E-state index is 0.00212. The number of hydrogen-bond donors (Lipinski definition) is 0. The molecule has 2 aromatic rings. The zero-order chi connectivity index (χ0) is 19.4. The highest BCUT2D eigenvalue weighted by molar-refractivity contribution is 5.91. The normalized spacial score (nSPS) is 10.4. The summed E-state index contributed by atoms with van der Waals surface area (Å²) in [6.07, 6.45) is 0. The second-order valence-electron chi connectivity index (χ2n) is 5.04. The first-order valence-electron chi connectivity index (χ1n) is 7.54. The molecule has 0 heterocycles. The summed E-state index contributed by atoms with van der Waals surface area (Å²) in [5, 5.41) is 0. The van der Waals surface area contributed by atoms with Crippen LogP contribution < -0.4 is 14.2 Å². The van der Waals surface area contributed by atoms with E-state index in [9.17, 15) is 18.0 Å². The quantitative estimate of drug-likeness (QED) is 0.569. The summed E-state index contributed by atoms with van der Waals surface area (Å²) in [7, 11) is 3.94. The van der Waals surface area contributed by atoms with Crippen LogP contribution in [0.25, 0.3) is 11.1 Å². The number of methoxy groups -OCH3 is 3. The molecule has 0 N–H and O–H groups in total. The molecule has 0 aliphatic rings. The van der Waals surface area contributed by atoms with Gasteiger partial charge in [-0.15, -0.1) is 0 Å². The van der Waals surface area contributed by atoms with Crippen molar-refractivity contribution in [3.05, 3.63) is 41.2 Å². The predicted octanol–water partition coefficient (Wildman–Crippen LogP) is 3.97. The van der Waals surface area contributed by atoms with E-state index in [0.29, 0.717) is 11.8 Å². The number of ether oxygens (including phenoxy) is 4. The van der Waals surface area contributed by atoms with Gasteiger partial charge in [0, 0.05) is 12.1 Å². The molecule has 0 saturated carbocycles. The molecule has 0 radical (unpaired) electrons. The summed E-state index contributed by atoms with van der Waals surface area (Å²) < 4.78 is 63.6. The molecule has 2 aromatic carbocycles. The second kappa shape index (κ2) is 7.99. The Morgan fingerprint density at radius 3 is 1.92 bits per heavy atom. The smallest absolute Gasteiger partial charge is 0.341 e. The number of hydrogen-bond acceptors (Lipinski definition) is 5. The van der Waals surface area contributed by atoms with Crippen LogP contribution in [-0.2, 0) is 4.74 Å². The van der Waals surface area contributed by atoms with E-state index in [1.54, 1.807) is 0 Å². The SMILES string of the molecule is CCOC(=O)c1cc(F)c(-c2c(OC)cc(OC)cc2OC)c(F)c1F. The van der Waals surface area contributed by atoms with Crippen molar-refractivity contribution in [1.82, 2.24) is 0 Å². The van der Waals surface area contributed by atoms with Crippen LogP contribution >= 0.6 is 0 Å². The molecule has 26 heavy (non-hydrogen) atoms. The summed E-state index contributed by atoms with van der Waals surface area (Å²) >= 11 is 0. The number of carbonyl (C=O) groups excluding carboxylic acids is 1. The molecule has 0 aromatic heterocycles. The largest absolute Gasteiger partial charge is 0.496 e. The molecule has 140 valence electrons. The lowest BCUT2D eigenvalue weighted by molar-refractivity contribution is 0.0519. The molecule has 0 bridgehead atoms. The zero-order valence-corrected chi connectivity index (χ0v) is 14.6. The van der Waals surface area contributed by atoms with E-state index in [0.717, 1.165) is 0 Å². The molecular formula is C18H17F3O5. The van der Waals surface area contributed by atoms with Crippen molar-refractivity contribution in [3.8, 4) is 28.4 Å². The highest BCUT2D eigenvalue weighted by Gasteiger charge is 2.28. The monoisotopic (exact) mass is 370 g/mol. The van der Waals surface area contributed by atoms with Crippen LogP contribution in [0.15, 0.2) is 18.2 Å². The van der Waals surface area contributed by atoms with Crippen molar-refractivity contribution in [2.75, 3.05) is 27.9 Å². The van der Waals surface area contributed by atoms with Gasteiger partial charge in [-0.2, -0.15) is 0 Å². The number of rotatable bonds is 6. The van der Waals surface area contributed by atoms with E-state index in [1.165, 1.54) is 40.4 Å². The Hall–Kier alpha value is -2.90. The number of halogens is 3. The van der Waals surface area contributed by atoms with Crippen LogP contribution in [0.5, 0.6) is 17.2 Å². The van der Waals surface area contributed by atoms with Crippen molar-refractivity contribution in [1.29, 1.82) is 0 Å². The molecule has 0 amide bonds. The van der Waals surface area contributed by atoms with Crippen molar-refractivity contribution < 1.29 is 36.9 Å². The molecular weight excluding hydrogens is 353 g/mol. The van der Waals surface area contributed by atoms with E-state index in [-0.39, 0.29) is 23.7 Å². The molecule has 0 atom stereocenters. The Morgan fingerprint density at radius 2 is 1.46 bits per heavy atom. The van der Waals surface area contributed by atoms with Gasteiger partial charge < -0.3 is 18.9 Å². The fourth-order valence-electron chi connectivity index (χ4n) is 2.43. The summed E-state index contributed by atoms with van der Waals surface area (Å²) in [6, 6.07) is 3.32. The Kier molecular flexibility index (Phi) is 5.97. The van der Waals surface area contributed by atoms with Crippen LogP contribution in [0.1, 0.15) is 17.3 Å². The van der Waals surface area contributed by atoms with E-state index >= 15 is 0 Å². The van der Waals surface area contributed by atoms with Crippen LogP contribution in [-0.4, -0.2) is 33.9 Å². The first-order chi connectivity index (χ1) is 12.4. The van der Waals surface area contributed by atoms with Crippen molar-refractivity contribution in [2.24, 2.45) is 0 Å². The fraction of sp³-hybridized carbons (Fsp3) is 0.278. The van der Waals surface area contributed by atoms with Crippen LogP contribution in [0, 0.1) is 17.5 Å². The van der Waals surface area contributed by atoms with E-state index in [1.807, 2.05) is 0 Å². The number of esters is 1. The van der Waals surface area contributed by atoms with Gasteiger partial charge in [-0.05, 0) is 13.0 Å². The van der Waals surface area contributed by atoms with Crippen molar-refractivity contribution in [3.63, 3.8) is 0 Å². The van der Waals surface area contributed by atoms with Crippen molar-refractivity contribution in [2.45, 2.75) is 6.92 Å². The Labute approximate surface area is 148 Å². The van der Waals surface area contributed by atoms with Crippen LogP contribution in [0.2, 0.25) is 0 Å². The summed E-state index contributed by atoms with van der Waals surface area (Å²) in [5.74, 6) is -5.11. The molecule has 0 fully saturated rings. The average molecular weight is 370 g/mol. The van der Waals surface area contributed by atoms with Gasteiger partial charge in [0.15, 0.2) is 11.6 Å². The third-order valence-electron chi connectivity index (χ3n) is 3.62. The first-order valence-corrected chi connectivity index (χ1v) is 7.54. The molecule has 0 aliphatic heterocycles. The standard InChI is InChI=1S/C18H17F3O5/c1-5-26-18(22)10-8-11(19)14(17(21)16(10)20)15-12(24-3)6-9(23-2)7-13(15)25-4/h6-8H,5H2,1-4H3. The van der Waals surface area contributed by atoms with Gasteiger partial charge in [0.05, 0.1) is 39.1 Å². The molecule has 0 aliphatic carbocycles. The predicted molar refractivity (Wildman–Crippen MR) is 87.4 cm³/mol. The molecule has 2 rings (SSSR count). The minimum atomic E-state index is -1.56. The molecule has 8 heteroatoms. The minimum Gasteiger partial charge on any atom is -0.496 e. The number of carbonyl (C=O) groups is 1. The number of benzene rings is 2. The van der Waals surface area contributed by atoms with Crippen LogP contribution in [0.4, 0.5) is 13.2 Å². The van der Waals surface area contributed by atoms with Gasteiger partial charge in [-0.25, -0.2) is 18.0 Å². The lowest BCUT2D eigenvalue weighted by atomic mass is 9.99. The van der Waals surface area contributed by atoms with Gasteiger partial charge in [-0.1, -0.05) is 0 Å². The van der Waals surface area contributed by atoms with Gasteiger partial charge in [-0.3, -0.25) is 0 Å². The van der Waals surface area contributed by atoms with Gasteiger partial charge in [0.1, 0.15) is 28.6 Å². The van der Waals surface area contributed by atoms with Crippen molar-refractivity contribution >= 4 is 5.97 Å². The first kappa shape index (κ1) is 19.4. The third-order valence-corrected chi connectivity index (χ3v) is 3.62. The highest BCUT2D eigenvalue weighted by Crippen LogP contribution is 2.44. The van der Waals surface area contributed by atoms with E-state index < -0.39 is 34.5 Å². The Balaban J connectivity index is 2.78. The van der Waals surface area contributed by atoms with E-state index in [2.05, 4.69) is 4.74 Å². The summed E-state index contributed by atoms with van der Waals surface area (Å²) in [5.41, 5.74) is -1.72. The highest BCUT2D eigenvalue weighted by atomic mass is 19.2. The lowest BCUT2D eigenvalue weighted by Gasteiger charge is -2.17. The molecule has 0 unspecified atom stereocenters. The second-order valence-corrected chi connectivity index (χ2v) is 5.04. The van der Waals surface area contributed by atoms with Gasteiger partial charge >= 0.3 is 5.97 Å². The molecule has 0 saturated heterocycles. The Bertz CT molecular complexity index is 811. The average Bonchev–Trinajstić information content (AvgIpc) is 2.64. The van der Waals surface area contributed by atoms with Gasteiger partial charge in [0.2, 0.25) is 0 Å². The maximum Gasteiger partial charge on any atom is 0.341 e. The van der Waals surface area contributed by atoms with Crippen LogP contribution in [0.3, 0.4) is 0 Å². The fourth-order valence-corrected chi connectivity index (χ4v) is 2.43. The van der Waals surface area contributed by atoms with Gasteiger partial charge in [0.25, 0.3) is 0 Å².